The summed E-state index contributed by atoms with van der Waals surface area (Å²) in [5.41, 5.74) is 4.97. The lowest BCUT2D eigenvalue weighted by molar-refractivity contribution is -0.136. The number of anilines is 1. The van der Waals surface area contributed by atoms with E-state index in [9.17, 15) is 9.90 Å². The topological polar surface area (TPSA) is 61.4 Å². The second-order valence-corrected chi connectivity index (χ2v) is 5.91. The van der Waals surface area contributed by atoms with Crippen molar-refractivity contribution in [1.29, 1.82) is 0 Å². The van der Waals surface area contributed by atoms with E-state index < -0.39 is 11.5 Å². The number of hydrogen-bond acceptors (Lipinski definition) is 3. The molecule has 0 saturated carbocycles. The van der Waals surface area contributed by atoms with E-state index in [-0.39, 0.29) is 0 Å². The van der Waals surface area contributed by atoms with Crippen molar-refractivity contribution in [3.63, 3.8) is 0 Å². The highest BCUT2D eigenvalue weighted by atomic mass is 35.5. The molecule has 5 heteroatoms. The molecule has 3 aromatic carbocycles. The van der Waals surface area contributed by atoms with E-state index in [0.29, 0.717) is 21.8 Å². The van der Waals surface area contributed by atoms with E-state index in [1.54, 1.807) is 72.8 Å². The Hall–Kier alpha value is -2.82. The van der Waals surface area contributed by atoms with E-state index >= 15 is 0 Å². The summed E-state index contributed by atoms with van der Waals surface area (Å²) in [6.07, 6.45) is 0. The van der Waals surface area contributed by atoms with Gasteiger partial charge in [-0.3, -0.25) is 15.6 Å². The van der Waals surface area contributed by atoms with Crippen molar-refractivity contribution in [2.45, 2.75) is 5.60 Å². The molecule has 1 amide bonds. The summed E-state index contributed by atoms with van der Waals surface area (Å²) in [6.45, 7) is 0. The van der Waals surface area contributed by atoms with Crippen LogP contribution in [0.4, 0.5) is 5.69 Å². The lowest BCUT2D eigenvalue weighted by Crippen LogP contribution is -2.47. The Kier molecular flexibility index (Phi) is 5.03. The molecule has 3 aromatic rings. The predicted octanol–water partition coefficient (Wildman–Crippen LogP) is 3.72. The molecule has 3 rings (SSSR count). The summed E-state index contributed by atoms with van der Waals surface area (Å²) >= 11 is 6.08. The molecule has 0 aromatic heterocycles. The third-order valence-electron chi connectivity index (χ3n) is 3.90. The summed E-state index contributed by atoms with van der Waals surface area (Å²) < 4.78 is 0. The smallest absolute Gasteiger partial charge is 0.279 e. The van der Waals surface area contributed by atoms with Crippen LogP contribution in [0.25, 0.3) is 0 Å². The number of nitrogens with one attached hydrogen (secondary N) is 2. The van der Waals surface area contributed by atoms with Crippen LogP contribution in [-0.2, 0) is 10.4 Å². The molecular formula is C20H17ClN2O2. The third kappa shape index (κ3) is 3.50. The first kappa shape index (κ1) is 17.0. The summed E-state index contributed by atoms with van der Waals surface area (Å²) in [5, 5.41) is 11.7. The van der Waals surface area contributed by atoms with Gasteiger partial charge in [-0.15, -0.1) is 0 Å². The maximum Gasteiger partial charge on any atom is 0.279 e. The van der Waals surface area contributed by atoms with Crippen LogP contribution in [0.5, 0.6) is 0 Å². The first-order chi connectivity index (χ1) is 12.1. The number of para-hydroxylation sites is 1. The Balaban J connectivity index is 1.92. The number of hydrogen-bond donors (Lipinski definition) is 3. The van der Waals surface area contributed by atoms with Gasteiger partial charge in [0, 0.05) is 0 Å². The fourth-order valence-corrected chi connectivity index (χ4v) is 2.75. The van der Waals surface area contributed by atoms with Crippen molar-refractivity contribution < 1.29 is 9.90 Å². The van der Waals surface area contributed by atoms with Crippen molar-refractivity contribution in [1.82, 2.24) is 5.43 Å². The molecule has 126 valence electrons. The quantitative estimate of drug-likeness (QED) is 0.613. The largest absolute Gasteiger partial charge is 0.372 e. The first-order valence-corrected chi connectivity index (χ1v) is 8.14. The van der Waals surface area contributed by atoms with Gasteiger partial charge >= 0.3 is 0 Å². The second-order valence-electron chi connectivity index (χ2n) is 5.50. The highest BCUT2D eigenvalue weighted by molar-refractivity contribution is 6.33. The van der Waals surface area contributed by atoms with E-state index in [1.807, 2.05) is 12.1 Å². The maximum atomic E-state index is 12.9. The summed E-state index contributed by atoms with van der Waals surface area (Å²) in [6, 6.07) is 24.6. The van der Waals surface area contributed by atoms with Gasteiger partial charge in [0.05, 0.1) is 10.7 Å². The van der Waals surface area contributed by atoms with Gasteiger partial charge in [-0.05, 0) is 23.3 Å². The van der Waals surface area contributed by atoms with E-state index in [1.165, 1.54) is 0 Å². The number of halogens is 1. The molecule has 0 aliphatic rings. The number of amides is 1. The number of carbonyl (C=O) groups excluding carboxylic acids is 1. The SMILES string of the molecule is O=C(NNc1ccccc1Cl)C(O)(c1ccccc1)c1ccccc1. The fourth-order valence-electron chi connectivity index (χ4n) is 2.56. The summed E-state index contributed by atoms with van der Waals surface area (Å²) in [7, 11) is 0. The Morgan fingerprint density at radius 3 is 1.80 bits per heavy atom. The van der Waals surface area contributed by atoms with Crippen molar-refractivity contribution in [3.8, 4) is 0 Å². The lowest BCUT2D eigenvalue weighted by atomic mass is 9.85. The van der Waals surface area contributed by atoms with Gasteiger partial charge in [0.15, 0.2) is 5.60 Å². The monoisotopic (exact) mass is 352 g/mol. The van der Waals surface area contributed by atoms with Crippen molar-refractivity contribution in [2.75, 3.05) is 5.43 Å². The molecule has 0 bridgehead atoms. The van der Waals surface area contributed by atoms with Crippen LogP contribution in [0.15, 0.2) is 84.9 Å². The lowest BCUT2D eigenvalue weighted by Gasteiger charge is -2.28. The van der Waals surface area contributed by atoms with Crippen LogP contribution in [0, 0.1) is 0 Å². The van der Waals surface area contributed by atoms with Crippen LogP contribution in [0.1, 0.15) is 11.1 Å². The minimum absolute atomic E-state index is 0.464. The molecule has 3 N–H and O–H groups in total. The van der Waals surface area contributed by atoms with Gasteiger partial charge in [0.2, 0.25) is 0 Å². The molecule has 4 nitrogen and oxygen atoms in total. The van der Waals surface area contributed by atoms with Crippen LogP contribution < -0.4 is 10.9 Å². The molecule has 0 atom stereocenters. The fraction of sp³-hybridized carbons (Fsp3) is 0.0500. The van der Waals surface area contributed by atoms with Crippen LogP contribution in [0.2, 0.25) is 5.02 Å². The Bertz CT molecular complexity index is 814. The molecule has 0 aliphatic heterocycles. The minimum atomic E-state index is -1.84. The van der Waals surface area contributed by atoms with Crippen molar-refractivity contribution in [3.05, 3.63) is 101 Å². The average molecular weight is 353 g/mol. The van der Waals surface area contributed by atoms with Gasteiger partial charge in [0.1, 0.15) is 0 Å². The highest BCUT2D eigenvalue weighted by Gasteiger charge is 2.39. The third-order valence-corrected chi connectivity index (χ3v) is 4.23. The molecule has 0 saturated heterocycles. The predicted molar refractivity (Wildman–Crippen MR) is 99.1 cm³/mol. The molecular weight excluding hydrogens is 336 g/mol. The second kappa shape index (κ2) is 7.38. The van der Waals surface area contributed by atoms with Gasteiger partial charge in [-0.25, -0.2) is 0 Å². The molecule has 25 heavy (non-hydrogen) atoms. The summed E-state index contributed by atoms with van der Waals surface area (Å²) in [5.74, 6) is -0.607. The normalized spacial score (nSPS) is 11.0. The van der Waals surface area contributed by atoms with E-state index in [4.69, 9.17) is 11.6 Å². The molecule has 0 aliphatic carbocycles. The Morgan fingerprint density at radius 1 is 0.800 bits per heavy atom. The molecule has 0 heterocycles. The molecule has 0 radical (unpaired) electrons. The van der Waals surface area contributed by atoms with Crippen LogP contribution in [0.3, 0.4) is 0 Å². The molecule has 0 unspecified atom stereocenters. The zero-order valence-electron chi connectivity index (χ0n) is 13.3. The number of benzene rings is 3. The van der Waals surface area contributed by atoms with Gasteiger partial charge in [-0.1, -0.05) is 84.4 Å². The zero-order valence-corrected chi connectivity index (χ0v) is 14.1. The average Bonchev–Trinajstić information content (AvgIpc) is 2.68. The Labute approximate surface area is 151 Å². The van der Waals surface area contributed by atoms with E-state index in [0.717, 1.165) is 0 Å². The van der Waals surface area contributed by atoms with E-state index in [2.05, 4.69) is 10.9 Å². The minimum Gasteiger partial charge on any atom is -0.372 e. The van der Waals surface area contributed by atoms with Gasteiger partial charge < -0.3 is 5.11 Å². The highest BCUT2D eigenvalue weighted by Crippen LogP contribution is 2.30. The number of rotatable bonds is 5. The van der Waals surface area contributed by atoms with Crippen LogP contribution >= 0.6 is 11.6 Å². The number of carbonyl (C=O) groups is 1. The first-order valence-electron chi connectivity index (χ1n) is 7.77. The number of hydrazine groups is 1. The number of aliphatic hydroxyl groups is 1. The van der Waals surface area contributed by atoms with Gasteiger partial charge in [-0.2, -0.15) is 0 Å². The van der Waals surface area contributed by atoms with Crippen molar-refractivity contribution >= 4 is 23.2 Å². The maximum absolute atomic E-state index is 12.9. The molecule has 0 spiro atoms. The zero-order chi connectivity index (χ0) is 17.7. The van der Waals surface area contributed by atoms with Crippen LogP contribution in [-0.4, -0.2) is 11.0 Å². The van der Waals surface area contributed by atoms with Gasteiger partial charge in [0.25, 0.3) is 5.91 Å². The molecule has 0 fully saturated rings. The standard InChI is InChI=1S/C20H17ClN2O2/c21-17-13-7-8-14-18(17)22-23-19(24)20(25,15-9-3-1-4-10-15)16-11-5-2-6-12-16/h1-14,22,25H,(H,23,24). The summed E-state index contributed by atoms with van der Waals surface area (Å²) in [4.78, 5) is 12.9. The van der Waals surface area contributed by atoms with Crippen molar-refractivity contribution in [2.24, 2.45) is 0 Å². The Morgan fingerprint density at radius 2 is 1.28 bits per heavy atom.